The first-order chi connectivity index (χ1) is 13.2. The third kappa shape index (κ3) is 2.89. The van der Waals surface area contributed by atoms with Crippen molar-refractivity contribution in [2.24, 2.45) is 0 Å². The smallest absolute Gasteiger partial charge is 0.416 e. The number of alkyl halides is 3. The molecule has 0 fully saturated rings. The van der Waals surface area contributed by atoms with E-state index < -0.39 is 18.8 Å². The number of fused-ring (bicyclic) bond motifs is 3. The highest BCUT2D eigenvalue weighted by Crippen LogP contribution is 2.40. The van der Waals surface area contributed by atoms with Gasteiger partial charge in [-0.25, -0.2) is 0 Å². The lowest BCUT2D eigenvalue weighted by molar-refractivity contribution is -0.207. The van der Waals surface area contributed by atoms with Gasteiger partial charge in [-0.2, -0.15) is 13.2 Å². The largest absolute Gasteiger partial charge is 0.463 e. The summed E-state index contributed by atoms with van der Waals surface area (Å²) in [6, 6.07) is 7.64. The lowest BCUT2D eigenvalue weighted by atomic mass is 10.1. The standard InChI is InChI=1S/C19H14ClF3N2O3/c1-9-16-12(5-4-11-17(16)10(20)7-15(27)24-11)25(8-14(26)19(21,22)23)18(9)13-3-2-6-28-13/h2-7,14,26H,8H2,1H3,(H,24,27). The molecule has 3 heterocycles. The van der Waals surface area contributed by atoms with Crippen LogP contribution >= 0.6 is 11.6 Å². The highest BCUT2D eigenvalue weighted by Gasteiger charge is 2.39. The third-order valence-corrected chi connectivity index (χ3v) is 5.01. The van der Waals surface area contributed by atoms with Crippen LogP contribution in [0.1, 0.15) is 5.56 Å². The van der Waals surface area contributed by atoms with Crippen molar-refractivity contribution in [2.45, 2.75) is 25.7 Å². The normalized spacial score (nSPS) is 13.5. The molecule has 4 rings (SSSR count). The molecule has 146 valence electrons. The Morgan fingerprint density at radius 1 is 1.29 bits per heavy atom. The van der Waals surface area contributed by atoms with E-state index in [2.05, 4.69) is 4.98 Å². The van der Waals surface area contributed by atoms with Gasteiger partial charge in [0.05, 0.1) is 29.0 Å². The minimum atomic E-state index is -4.77. The lowest BCUT2D eigenvalue weighted by Crippen LogP contribution is -2.32. The summed E-state index contributed by atoms with van der Waals surface area (Å²) in [4.78, 5) is 14.4. The molecule has 2 N–H and O–H groups in total. The molecular weight excluding hydrogens is 397 g/mol. The topological polar surface area (TPSA) is 71.2 Å². The average Bonchev–Trinajstić information content (AvgIpc) is 3.21. The van der Waals surface area contributed by atoms with Gasteiger partial charge in [0, 0.05) is 22.4 Å². The number of pyridine rings is 1. The maximum atomic E-state index is 13.0. The molecule has 0 aliphatic rings. The van der Waals surface area contributed by atoms with Crippen LogP contribution in [0.3, 0.4) is 0 Å². The summed E-state index contributed by atoms with van der Waals surface area (Å²) >= 11 is 6.30. The van der Waals surface area contributed by atoms with Crippen LogP contribution in [-0.2, 0) is 6.54 Å². The molecule has 1 aromatic carbocycles. The number of aliphatic hydroxyl groups is 1. The highest BCUT2D eigenvalue weighted by atomic mass is 35.5. The Morgan fingerprint density at radius 3 is 2.68 bits per heavy atom. The molecule has 0 aliphatic carbocycles. The summed E-state index contributed by atoms with van der Waals surface area (Å²) < 4.78 is 45.9. The molecular formula is C19H14ClF3N2O3. The fourth-order valence-corrected chi connectivity index (χ4v) is 3.84. The summed E-state index contributed by atoms with van der Waals surface area (Å²) in [6.45, 7) is 1.02. The molecule has 0 aliphatic heterocycles. The molecule has 9 heteroatoms. The van der Waals surface area contributed by atoms with Gasteiger partial charge < -0.3 is 19.1 Å². The molecule has 28 heavy (non-hydrogen) atoms. The van der Waals surface area contributed by atoms with Gasteiger partial charge in [-0.3, -0.25) is 4.79 Å². The van der Waals surface area contributed by atoms with E-state index in [1.165, 1.54) is 16.9 Å². The van der Waals surface area contributed by atoms with Crippen LogP contribution in [0.25, 0.3) is 33.3 Å². The van der Waals surface area contributed by atoms with Crippen molar-refractivity contribution in [1.82, 2.24) is 9.55 Å². The zero-order valence-corrected chi connectivity index (χ0v) is 15.2. The first-order valence-electron chi connectivity index (χ1n) is 8.31. The fraction of sp³-hybridized carbons (Fsp3) is 0.211. The van der Waals surface area contributed by atoms with Gasteiger partial charge in [0.2, 0.25) is 5.56 Å². The number of aryl methyl sites for hydroxylation is 1. The molecule has 0 saturated heterocycles. The predicted octanol–water partition coefficient (Wildman–Crippen LogP) is 4.63. The summed E-state index contributed by atoms with van der Waals surface area (Å²) in [7, 11) is 0. The van der Waals surface area contributed by atoms with E-state index in [4.69, 9.17) is 16.0 Å². The number of rotatable bonds is 3. The molecule has 1 unspecified atom stereocenters. The number of aromatic amines is 1. The molecule has 0 bridgehead atoms. The molecule has 0 saturated carbocycles. The summed E-state index contributed by atoms with van der Waals surface area (Å²) in [5.74, 6) is 0.358. The van der Waals surface area contributed by atoms with Crippen LogP contribution in [-0.4, -0.2) is 26.9 Å². The lowest BCUT2D eigenvalue weighted by Gasteiger charge is -2.18. The molecule has 0 spiro atoms. The quantitative estimate of drug-likeness (QED) is 0.517. The molecule has 1 atom stereocenters. The van der Waals surface area contributed by atoms with Gasteiger partial charge in [0.1, 0.15) is 0 Å². The van der Waals surface area contributed by atoms with Gasteiger partial charge >= 0.3 is 6.18 Å². The van der Waals surface area contributed by atoms with E-state index in [0.29, 0.717) is 38.8 Å². The van der Waals surface area contributed by atoms with E-state index in [9.17, 15) is 23.1 Å². The fourth-order valence-electron chi connectivity index (χ4n) is 3.54. The number of H-pyrrole nitrogens is 1. The van der Waals surface area contributed by atoms with Crippen LogP contribution in [0.5, 0.6) is 0 Å². The van der Waals surface area contributed by atoms with Crippen molar-refractivity contribution >= 4 is 33.4 Å². The number of aliphatic hydroxyl groups excluding tert-OH is 1. The Morgan fingerprint density at radius 2 is 2.04 bits per heavy atom. The SMILES string of the molecule is Cc1c(-c2ccco2)n(CC(O)C(F)(F)F)c2ccc3[nH]c(=O)cc(Cl)c3c12. The molecule has 5 nitrogen and oxygen atoms in total. The zero-order valence-electron chi connectivity index (χ0n) is 14.5. The summed E-state index contributed by atoms with van der Waals surface area (Å²) in [5, 5.41) is 11.0. The van der Waals surface area contributed by atoms with Gasteiger partial charge in [-0.1, -0.05) is 11.6 Å². The number of aromatic nitrogens is 2. The monoisotopic (exact) mass is 410 g/mol. The maximum absolute atomic E-state index is 13.0. The number of hydrogen-bond acceptors (Lipinski definition) is 3. The molecule has 0 amide bonds. The maximum Gasteiger partial charge on any atom is 0.416 e. The Bertz CT molecular complexity index is 1240. The van der Waals surface area contributed by atoms with Gasteiger partial charge in [-0.05, 0) is 36.8 Å². The van der Waals surface area contributed by atoms with E-state index in [0.717, 1.165) is 0 Å². The average molecular weight is 411 g/mol. The molecule has 4 aromatic rings. The third-order valence-electron chi connectivity index (χ3n) is 4.72. The zero-order chi connectivity index (χ0) is 20.2. The van der Waals surface area contributed by atoms with Crippen molar-refractivity contribution in [3.05, 3.63) is 57.5 Å². The highest BCUT2D eigenvalue weighted by molar-refractivity contribution is 6.37. The summed E-state index contributed by atoms with van der Waals surface area (Å²) in [6.07, 6.45) is -5.91. The summed E-state index contributed by atoms with van der Waals surface area (Å²) in [5.41, 5.74) is 1.55. The van der Waals surface area contributed by atoms with Crippen LogP contribution in [0.15, 0.2) is 45.8 Å². The first kappa shape index (κ1) is 18.6. The number of hydrogen-bond donors (Lipinski definition) is 2. The van der Waals surface area contributed by atoms with E-state index in [1.54, 1.807) is 31.2 Å². The number of furan rings is 1. The first-order valence-corrected chi connectivity index (χ1v) is 8.69. The van der Waals surface area contributed by atoms with E-state index in [1.807, 2.05) is 0 Å². The van der Waals surface area contributed by atoms with E-state index >= 15 is 0 Å². The Labute approximate surface area is 161 Å². The van der Waals surface area contributed by atoms with Crippen molar-refractivity contribution in [2.75, 3.05) is 0 Å². The number of benzene rings is 1. The minimum absolute atomic E-state index is 0.187. The second kappa shape index (κ2) is 6.42. The number of halogens is 4. The second-order valence-electron chi connectivity index (χ2n) is 6.48. The van der Waals surface area contributed by atoms with Crippen LogP contribution < -0.4 is 5.56 Å². The van der Waals surface area contributed by atoms with Gasteiger partial charge in [-0.15, -0.1) is 0 Å². The Kier molecular flexibility index (Phi) is 4.28. The minimum Gasteiger partial charge on any atom is -0.463 e. The predicted molar refractivity (Wildman–Crippen MR) is 99.6 cm³/mol. The molecule has 0 radical (unpaired) electrons. The number of nitrogens with one attached hydrogen (secondary N) is 1. The Balaban J connectivity index is 2.10. The van der Waals surface area contributed by atoms with Crippen LogP contribution in [0, 0.1) is 6.92 Å². The van der Waals surface area contributed by atoms with Crippen LogP contribution in [0.4, 0.5) is 13.2 Å². The van der Waals surface area contributed by atoms with Crippen molar-refractivity contribution in [1.29, 1.82) is 0 Å². The molecule has 3 aromatic heterocycles. The van der Waals surface area contributed by atoms with E-state index in [-0.39, 0.29) is 10.6 Å². The van der Waals surface area contributed by atoms with Crippen LogP contribution in [0.2, 0.25) is 5.02 Å². The van der Waals surface area contributed by atoms with Crippen molar-refractivity contribution in [3.63, 3.8) is 0 Å². The Hall–Kier alpha value is -2.71. The van der Waals surface area contributed by atoms with Crippen molar-refractivity contribution in [3.8, 4) is 11.5 Å². The second-order valence-corrected chi connectivity index (χ2v) is 6.89. The number of nitrogens with zero attached hydrogens (tertiary/aromatic N) is 1. The van der Waals surface area contributed by atoms with Gasteiger partial charge in [0.15, 0.2) is 11.9 Å². The van der Waals surface area contributed by atoms with Gasteiger partial charge in [0.25, 0.3) is 0 Å². The van der Waals surface area contributed by atoms with Crippen molar-refractivity contribution < 1.29 is 22.7 Å².